The molecular formula is C22H18N2O5. The van der Waals surface area contributed by atoms with Crippen LogP contribution < -0.4 is 15.0 Å². The first kappa shape index (κ1) is 18.5. The van der Waals surface area contributed by atoms with Crippen LogP contribution in [0.4, 0.5) is 11.4 Å². The van der Waals surface area contributed by atoms with Crippen molar-refractivity contribution in [2.75, 3.05) is 23.9 Å². The van der Waals surface area contributed by atoms with Gasteiger partial charge in [-0.25, -0.2) is 0 Å². The number of fused-ring (bicyclic) bond motifs is 1. The molecule has 1 aliphatic heterocycles. The van der Waals surface area contributed by atoms with Gasteiger partial charge in [-0.05, 0) is 55.5 Å². The molecule has 0 saturated heterocycles. The molecule has 0 atom stereocenters. The third kappa shape index (κ3) is 3.50. The largest absolute Gasteiger partial charge is 0.497 e. The Kier molecular flexibility index (Phi) is 4.64. The van der Waals surface area contributed by atoms with E-state index in [1.807, 2.05) is 0 Å². The third-order valence-electron chi connectivity index (χ3n) is 4.71. The van der Waals surface area contributed by atoms with Crippen molar-refractivity contribution < 1.29 is 23.5 Å². The second-order valence-corrected chi connectivity index (χ2v) is 6.66. The average molecular weight is 390 g/mol. The first-order chi connectivity index (χ1) is 14.0. The van der Waals surface area contributed by atoms with E-state index in [4.69, 9.17) is 9.15 Å². The van der Waals surface area contributed by atoms with Gasteiger partial charge in [0.15, 0.2) is 5.78 Å². The highest BCUT2D eigenvalue weighted by Gasteiger charge is 2.29. The van der Waals surface area contributed by atoms with E-state index in [0.717, 1.165) is 0 Å². The normalized spacial score (nSPS) is 12.9. The summed E-state index contributed by atoms with van der Waals surface area (Å²) in [6, 6.07) is 13.5. The SMILES string of the molecule is COc1cc(C(=O)N2CC(=O)Nc3cc(C(C)=O)ccc32)cc(-c2ccco2)c1. The smallest absolute Gasteiger partial charge is 0.258 e. The monoisotopic (exact) mass is 390 g/mol. The topological polar surface area (TPSA) is 88.9 Å². The van der Waals surface area contributed by atoms with Gasteiger partial charge in [-0.3, -0.25) is 19.3 Å². The van der Waals surface area contributed by atoms with Gasteiger partial charge < -0.3 is 14.5 Å². The zero-order chi connectivity index (χ0) is 20.5. The van der Waals surface area contributed by atoms with E-state index in [1.54, 1.807) is 54.8 Å². The highest BCUT2D eigenvalue weighted by molar-refractivity contribution is 6.16. The Bertz CT molecular complexity index is 1120. The van der Waals surface area contributed by atoms with Crippen LogP contribution in [0.3, 0.4) is 0 Å². The number of hydrogen-bond donors (Lipinski definition) is 1. The van der Waals surface area contributed by atoms with Gasteiger partial charge in [-0.15, -0.1) is 0 Å². The van der Waals surface area contributed by atoms with Gasteiger partial charge in [0.1, 0.15) is 18.1 Å². The lowest BCUT2D eigenvalue weighted by Crippen LogP contribution is -2.42. The Balaban J connectivity index is 1.76. The molecule has 2 aromatic carbocycles. The fourth-order valence-corrected chi connectivity index (χ4v) is 3.27. The number of furan rings is 1. The Labute approximate surface area is 166 Å². The molecule has 1 N–H and O–H groups in total. The maximum atomic E-state index is 13.3. The summed E-state index contributed by atoms with van der Waals surface area (Å²) < 4.78 is 10.8. The molecule has 146 valence electrons. The van der Waals surface area contributed by atoms with Crippen LogP contribution in [-0.2, 0) is 4.79 Å². The summed E-state index contributed by atoms with van der Waals surface area (Å²) in [5, 5.41) is 2.72. The van der Waals surface area contributed by atoms with Crippen LogP contribution in [0, 0.1) is 0 Å². The van der Waals surface area contributed by atoms with E-state index in [1.165, 1.54) is 18.9 Å². The first-order valence-corrected chi connectivity index (χ1v) is 8.96. The number of anilines is 2. The summed E-state index contributed by atoms with van der Waals surface area (Å²) in [4.78, 5) is 38.6. The minimum atomic E-state index is -0.358. The number of rotatable bonds is 4. The Hall–Kier alpha value is -3.87. The van der Waals surface area contributed by atoms with Crippen LogP contribution in [0.1, 0.15) is 27.6 Å². The Morgan fingerprint density at radius 1 is 1.10 bits per heavy atom. The van der Waals surface area contributed by atoms with Gasteiger partial charge in [-0.1, -0.05) is 0 Å². The van der Waals surface area contributed by atoms with Crippen LogP contribution in [-0.4, -0.2) is 31.3 Å². The summed E-state index contributed by atoms with van der Waals surface area (Å²) in [5.74, 6) is 0.280. The zero-order valence-corrected chi connectivity index (χ0v) is 15.9. The molecule has 2 amide bonds. The van der Waals surface area contributed by atoms with E-state index in [2.05, 4.69) is 5.32 Å². The van der Waals surface area contributed by atoms with Crippen molar-refractivity contribution in [3.63, 3.8) is 0 Å². The molecular weight excluding hydrogens is 372 g/mol. The van der Waals surface area contributed by atoms with Gasteiger partial charge in [0.05, 0.1) is 24.7 Å². The van der Waals surface area contributed by atoms with Gasteiger partial charge in [-0.2, -0.15) is 0 Å². The summed E-state index contributed by atoms with van der Waals surface area (Å²) in [7, 11) is 1.52. The predicted octanol–water partition coefficient (Wildman–Crippen LogP) is 3.76. The second-order valence-electron chi connectivity index (χ2n) is 6.66. The fourth-order valence-electron chi connectivity index (χ4n) is 3.27. The van der Waals surface area contributed by atoms with Gasteiger partial charge in [0.25, 0.3) is 5.91 Å². The highest BCUT2D eigenvalue weighted by atomic mass is 16.5. The lowest BCUT2D eigenvalue weighted by molar-refractivity contribution is -0.115. The number of ether oxygens (including phenoxy) is 1. The van der Waals surface area contributed by atoms with Crippen LogP contribution in [0.5, 0.6) is 5.75 Å². The molecule has 2 heterocycles. The number of methoxy groups -OCH3 is 1. The standard InChI is InChI=1S/C22H18N2O5/c1-13(25)14-5-6-19-18(11-14)23-21(26)12-24(19)22(27)16-8-15(9-17(10-16)28-2)20-4-3-7-29-20/h3-11H,12H2,1-2H3,(H,23,26). The minimum absolute atomic E-state index is 0.124. The van der Waals surface area contributed by atoms with E-state index in [9.17, 15) is 14.4 Å². The first-order valence-electron chi connectivity index (χ1n) is 8.96. The number of amides is 2. The average Bonchev–Trinajstić information content (AvgIpc) is 3.26. The molecule has 0 bridgehead atoms. The minimum Gasteiger partial charge on any atom is -0.497 e. The van der Waals surface area contributed by atoms with Crippen LogP contribution in [0.25, 0.3) is 11.3 Å². The van der Waals surface area contributed by atoms with Crippen molar-refractivity contribution in [2.24, 2.45) is 0 Å². The molecule has 0 saturated carbocycles. The number of hydrogen-bond acceptors (Lipinski definition) is 5. The molecule has 1 aliphatic rings. The molecule has 7 nitrogen and oxygen atoms in total. The van der Waals surface area contributed by atoms with Crippen molar-refractivity contribution >= 4 is 29.0 Å². The van der Waals surface area contributed by atoms with Crippen molar-refractivity contribution in [1.82, 2.24) is 0 Å². The molecule has 0 spiro atoms. The third-order valence-corrected chi connectivity index (χ3v) is 4.71. The lowest BCUT2D eigenvalue weighted by atomic mass is 10.0. The van der Waals surface area contributed by atoms with Crippen molar-refractivity contribution in [3.05, 3.63) is 65.9 Å². The molecule has 0 radical (unpaired) electrons. The maximum Gasteiger partial charge on any atom is 0.258 e. The second kappa shape index (κ2) is 7.27. The number of benzene rings is 2. The Morgan fingerprint density at radius 2 is 1.93 bits per heavy atom. The molecule has 0 aliphatic carbocycles. The van der Waals surface area contributed by atoms with Gasteiger partial charge >= 0.3 is 0 Å². The highest BCUT2D eigenvalue weighted by Crippen LogP contribution is 2.33. The number of carbonyl (C=O) groups is 3. The van der Waals surface area contributed by atoms with Crippen molar-refractivity contribution in [2.45, 2.75) is 6.92 Å². The number of ketones is 1. The van der Waals surface area contributed by atoms with Gasteiger partial charge in [0, 0.05) is 16.7 Å². The molecule has 29 heavy (non-hydrogen) atoms. The Morgan fingerprint density at radius 3 is 2.62 bits per heavy atom. The number of nitrogens with zero attached hydrogens (tertiary/aromatic N) is 1. The molecule has 3 aromatic rings. The molecule has 0 fully saturated rings. The predicted molar refractivity (Wildman–Crippen MR) is 107 cm³/mol. The van der Waals surface area contributed by atoms with E-state index in [-0.39, 0.29) is 24.1 Å². The number of nitrogens with one attached hydrogen (secondary N) is 1. The summed E-state index contributed by atoms with van der Waals surface area (Å²) in [6.45, 7) is 1.32. The van der Waals surface area contributed by atoms with Gasteiger partial charge in [0.2, 0.25) is 5.91 Å². The number of carbonyl (C=O) groups excluding carboxylic acids is 3. The molecule has 1 aromatic heterocycles. The quantitative estimate of drug-likeness (QED) is 0.685. The van der Waals surface area contributed by atoms with Crippen molar-refractivity contribution in [3.8, 4) is 17.1 Å². The fraction of sp³-hybridized carbons (Fsp3) is 0.136. The van der Waals surface area contributed by atoms with E-state index < -0.39 is 0 Å². The summed E-state index contributed by atoms with van der Waals surface area (Å²) in [5.41, 5.74) is 2.46. The van der Waals surface area contributed by atoms with Crippen molar-refractivity contribution in [1.29, 1.82) is 0 Å². The summed E-state index contributed by atoms with van der Waals surface area (Å²) >= 11 is 0. The van der Waals surface area contributed by atoms with Crippen LogP contribution in [0.2, 0.25) is 0 Å². The van der Waals surface area contributed by atoms with E-state index in [0.29, 0.717) is 39.6 Å². The van der Waals surface area contributed by atoms with Crippen LogP contribution in [0.15, 0.2) is 59.2 Å². The zero-order valence-electron chi connectivity index (χ0n) is 15.9. The maximum absolute atomic E-state index is 13.3. The van der Waals surface area contributed by atoms with Crippen LogP contribution >= 0.6 is 0 Å². The molecule has 0 unspecified atom stereocenters. The van der Waals surface area contributed by atoms with E-state index >= 15 is 0 Å². The molecule has 4 rings (SSSR count). The summed E-state index contributed by atoms with van der Waals surface area (Å²) in [6.07, 6.45) is 1.55. The number of Topliss-reactive ketones (excluding diaryl/α,β-unsaturated/α-hetero) is 1. The lowest BCUT2D eigenvalue weighted by Gasteiger charge is -2.29. The molecule has 7 heteroatoms.